The molecule has 1 aliphatic rings. The van der Waals surface area contributed by atoms with E-state index in [-0.39, 0.29) is 12.4 Å². The molecule has 4 heteroatoms. The second-order valence-electron chi connectivity index (χ2n) is 4.99. The van der Waals surface area contributed by atoms with Crippen molar-refractivity contribution in [2.24, 2.45) is 10.6 Å². The van der Waals surface area contributed by atoms with E-state index in [2.05, 4.69) is 5.16 Å². The minimum absolute atomic E-state index is 0.0188. The van der Waals surface area contributed by atoms with Gasteiger partial charge in [-0.15, -0.1) is 0 Å². The first-order valence-corrected chi connectivity index (χ1v) is 4.69. The fraction of sp³-hybridized carbons (Fsp3) is 0.800. The molecule has 14 heavy (non-hydrogen) atoms. The number of ketones is 1. The Morgan fingerprint density at radius 3 is 2.57 bits per heavy atom. The van der Waals surface area contributed by atoms with Gasteiger partial charge in [0.15, 0.2) is 11.4 Å². The maximum atomic E-state index is 11.8. The number of hydrogen-bond acceptors (Lipinski definition) is 4. The third-order valence-electron chi connectivity index (χ3n) is 2.20. The Hall–Kier alpha value is -0.900. The minimum Gasteiger partial charge on any atom is -0.392 e. The van der Waals surface area contributed by atoms with Gasteiger partial charge in [-0.25, -0.2) is 0 Å². The van der Waals surface area contributed by atoms with Crippen LogP contribution in [0.15, 0.2) is 5.16 Å². The summed E-state index contributed by atoms with van der Waals surface area (Å²) in [4.78, 5) is 16.8. The smallest absolute Gasteiger partial charge is 0.185 e. The number of nitrogens with zero attached hydrogens (tertiary/aromatic N) is 1. The lowest BCUT2D eigenvalue weighted by atomic mass is 9.85. The molecule has 0 aromatic rings. The van der Waals surface area contributed by atoms with E-state index in [1.165, 1.54) is 0 Å². The maximum absolute atomic E-state index is 11.8. The average molecular weight is 199 g/mol. The number of oxime groups is 1. The topological polar surface area (TPSA) is 58.9 Å². The SMILES string of the molecule is CC1(CO)CC(C(=O)C(C)(C)C)=NO1. The van der Waals surface area contributed by atoms with E-state index >= 15 is 0 Å². The molecular formula is C10H17NO3. The van der Waals surface area contributed by atoms with Crippen LogP contribution in [0.25, 0.3) is 0 Å². The fourth-order valence-corrected chi connectivity index (χ4v) is 1.22. The number of hydrogen-bond donors (Lipinski definition) is 1. The van der Waals surface area contributed by atoms with Crippen molar-refractivity contribution in [1.82, 2.24) is 0 Å². The first kappa shape index (κ1) is 11.2. The van der Waals surface area contributed by atoms with Crippen LogP contribution < -0.4 is 0 Å². The lowest BCUT2D eigenvalue weighted by molar-refractivity contribution is -0.119. The van der Waals surface area contributed by atoms with Crippen LogP contribution in [0.4, 0.5) is 0 Å². The highest BCUT2D eigenvalue weighted by Gasteiger charge is 2.39. The molecule has 0 aromatic heterocycles. The first-order chi connectivity index (χ1) is 6.28. The van der Waals surface area contributed by atoms with Gasteiger partial charge in [-0.05, 0) is 6.92 Å². The molecule has 1 rings (SSSR count). The zero-order chi connectivity index (χ0) is 11.0. The summed E-state index contributed by atoms with van der Waals surface area (Å²) in [7, 11) is 0. The Bertz CT molecular complexity index is 278. The third kappa shape index (κ3) is 2.12. The van der Waals surface area contributed by atoms with E-state index in [0.29, 0.717) is 12.1 Å². The lowest BCUT2D eigenvalue weighted by Crippen LogP contribution is -2.33. The minimum atomic E-state index is -0.712. The summed E-state index contributed by atoms with van der Waals surface area (Å²) in [6.45, 7) is 7.13. The normalized spacial score (nSPS) is 27.1. The van der Waals surface area contributed by atoms with Gasteiger partial charge in [-0.3, -0.25) is 4.79 Å². The van der Waals surface area contributed by atoms with Crippen LogP contribution in [-0.2, 0) is 9.63 Å². The van der Waals surface area contributed by atoms with Crippen molar-refractivity contribution in [1.29, 1.82) is 0 Å². The molecule has 80 valence electrons. The van der Waals surface area contributed by atoms with Crippen LogP contribution in [0.5, 0.6) is 0 Å². The molecular weight excluding hydrogens is 182 g/mol. The molecule has 0 saturated carbocycles. The van der Waals surface area contributed by atoms with Crippen molar-refractivity contribution < 1.29 is 14.7 Å². The number of rotatable bonds is 2. The van der Waals surface area contributed by atoms with Crippen LogP contribution in [0.1, 0.15) is 34.1 Å². The summed E-state index contributed by atoms with van der Waals surface area (Å²) < 4.78 is 0. The lowest BCUT2D eigenvalue weighted by Gasteiger charge is -2.18. The van der Waals surface area contributed by atoms with Crippen molar-refractivity contribution in [2.45, 2.75) is 39.7 Å². The van der Waals surface area contributed by atoms with Gasteiger partial charge < -0.3 is 9.94 Å². The second kappa shape index (κ2) is 3.35. The van der Waals surface area contributed by atoms with Crippen molar-refractivity contribution in [3.05, 3.63) is 0 Å². The molecule has 0 saturated heterocycles. The van der Waals surface area contributed by atoms with Crippen molar-refractivity contribution in [2.75, 3.05) is 6.61 Å². The van der Waals surface area contributed by atoms with Gasteiger partial charge >= 0.3 is 0 Å². The highest BCUT2D eigenvalue weighted by atomic mass is 16.7. The summed E-state index contributed by atoms with van der Waals surface area (Å²) in [5.74, 6) is -0.0188. The molecule has 1 heterocycles. The Morgan fingerprint density at radius 2 is 2.21 bits per heavy atom. The van der Waals surface area contributed by atoms with E-state index in [1.807, 2.05) is 20.8 Å². The van der Waals surface area contributed by atoms with Crippen LogP contribution in [0.3, 0.4) is 0 Å². The third-order valence-corrected chi connectivity index (χ3v) is 2.20. The van der Waals surface area contributed by atoms with Crippen LogP contribution in [0.2, 0.25) is 0 Å². The van der Waals surface area contributed by atoms with Gasteiger partial charge in [0.05, 0.1) is 6.61 Å². The molecule has 0 radical (unpaired) electrons. The number of Topliss-reactive ketones (excluding diaryl/α,β-unsaturated/α-hetero) is 1. The molecule has 0 bridgehead atoms. The largest absolute Gasteiger partial charge is 0.392 e. The highest BCUT2D eigenvalue weighted by molar-refractivity contribution is 6.41. The molecule has 0 fully saturated rings. The highest BCUT2D eigenvalue weighted by Crippen LogP contribution is 2.27. The number of aliphatic hydroxyl groups is 1. The van der Waals surface area contributed by atoms with Gasteiger partial charge in [0, 0.05) is 11.8 Å². The van der Waals surface area contributed by atoms with E-state index in [9.17, 15) is 4.79 Å². The van der Waals surface area contributed by atoms with E-state index < -0.39 is 11.0 Å². The molecule has 0 spiro atoms. The Morgan fingerprint density at radius 1 is 1.64 bits per heavy atom. The summed E-state index contributed by atoms with van der Waals surface area (Å²) in [6.07, 6.45) is 0.388. The van der Waals surface area contributed by atoms with Gasteiger partial charge in [0.1, 0.15) is 5.71 Å². The number of carbonyl (C=O) groups excluding carboxylic acids is 1. The number of carbonyl (C=O) groups is 1. The van der Waals surface area contributed by atoms with Gasteiger partial charge in [0.25, 0.3) is 0 Å². The van der Waals surface area contributed by atoms with Crippen molar-refractivity contribution in [3.8, 4) is 0 Å². The second-order valence-corrected chi connectivity index (χ2v) is 4.99. The molecule has 1 aliphatic heterocycles. The monoisotopic (exact) mass is 199 g/mol. The Balaban J connectivity index is 2.72. The quantitative estimate of drug-likeness (QED) is 0.725. The Kier molecular flexibility index (Phi) is 2.67. The maximum Gasteiger partial charge on any atom is 0.185 e. The summed E-state index contributed by atoms with van der Waals surface area (Å²) >= 11 is 0. The zero-order valence-electron chi connectivity index (χ0n) is 9.13. The first-order valence-electron chi connectivity index (χ1n) is 4.69. The van der Waals surface area contributed by atoms with Gasteiger partial charge in [-0.1, -0.05) is 25.9 Å². The predicted molar refractivity (Wildman–Crippen MR) is 53.1 cm³/mol. The van der Waals surface area contributed by atoms with Crippen LogP contribution >= 0.6 is 0 Å². The van der Waals surface area contributed by atoms with Crippen LogP contribution in [-0.4, -0.2) is 28.8 Å². The average Bonchev–Trinajstić information content (AvgIpc) is 2.46. The number of aliphatic hydroxyl groups excluding tert-OH is 1. The van der Waals surface area contributed by atoms with Gasteiger partial charge in [0.2, 0.25) is 0 Å². The predicted octanol–water partition coefficient (Wildman–Crippen LogP) is 1.13. The summed E-state index contributed by atoms with van der Waals surface area (Å²) in [6, 6.07) is 0. The molecule has 4 nitrogen and oxygen atoms in total. The molecule has 0 aromatic carbocycles. The van der Waals surface area contributed by atoms with Crippen molar-refractivity contribution >= 4 is 11.5 Å². The fourth-order valence-electron chi connectivity index (χ4n) is 1.22. The molecule has 1 unspecified atom stereocenters. The van der Waals surface area contributed by atoms with E-state index in [0.717, 1.165) is 0 Å². The van der Waals surface area contributed by atoms with Crippen LogP contribution in [0, 0.1) is 5.41 Å². The molecule has 1 N–H and O–H groups in total. The zero-order valence-corrected chi connectivity index (χ0v) is 9.13. The van der Waals surface area contributed by atoms with Crippen molar-refractivity contribution in [3.63, 3.8) is 0 Å². The van der Waals surface area contributed by atoms with Gasteiger partial charge in [-0.2, -0.15) is 0 Å². The molecule has 0 amide bonds. The molecule has 1 atom stereocenters. The van der Waals surface area contributed by atoms with E-state index in [1.54, 1.807) is 6.92 Å². The Labute approximate surface area is 83.9 Å². The summed E-state index contributed by atoms with van der Waals surface area (Å²) in [5.41, 5.74) is -0.729. The molecule has 0 aliphatic carbocycles. The standard InChI is InChI=1S/C10H17NO3/c1-9(2,3)8(13)7-5-10(4,6-12)14-11-7/h12H,5-6H2,1-4H3. The van der Waals surface area contributed by atoms with E-state index in [4.69, 9.17) is 9.94 Å². The summed E-state index contributed by atoms with van der Waals surface area (Å²) in [5, 5.41) is 12.8.